The van der Waals surface area contributed by atoms with Crippen LogP contribution in [0.25, 0.3) is 0 Å². The normalized spacial score (nSPS) is 23.4. The predicted molar refractivity (Wildman–Crippen MR) is 100.0 cm³/mol. The van der Waals surface area contributed by atoms with Crippen LogP contribution in [0.5, 0.6) is 0 Å². The fraction of sp³-hybridized carbons (Fsp3) is 0.737. The van der Waals surface area contributed by atoms with Gasteiger partial charge in [0.25, 0.3) is 0 Å². The van der Waals surface area contributed by atoms with Crippen molar-refractivity contribution < 1.29 is 26.3 Å². The van der Waals surface area contributed by atoms with E-state index in [-0.39, 0.29) is 16.4 Å². The lowest BCUT2D eigenvalue weighted by Gasteiger charge is -2.36. The van der Waals surface area contributed by atoms with E-state index in [0.717, 1.165) is 44.9 Å². The SMILES string of the molecule is O=S(=O)(c1cnc(C(F)(F)F)cc1C1CC1)N1CCN(CC2CCOCC2)CC1. The van der Waals surface area contributed by atoms with Crippen molar-refractivity contribution in [3.63, 3.8) is 0 Å². The molecule has 0 N–H and O–H groups in total. The minimum atomic E-state index is -4.58. The molecule has 0 atom stereocenters. The second kappa shape index (κ2) is 8.13. The largest absolute Gasteiger partial charge is 0.433 e. The van der Waals surface area contributed by atoms with Gasteiger partial charge in [0, 0.05) is 52.1 Å². The van der Waals surface area contributed by atoms with Gasteiger partial charge in [-0.15, -0.1) is 0 Å². The standard InChI is InChI=1S/C19H26F3N3O3S/c20-19(21,22)18-11-16(15-1-2-15)17(12-23-18)29(26,27)25-7-5-24(6-8-25)13-14-3-9-28-10-4-14/h11-12,14-15H,1-10,13H2. The van der Waals surface area contributed by atoms with Crippen molar-refractivity contribution in [2.75, 3.05) is 45.9 Å². The van der Waals surface area contributed by atoms with Gasteiger partial charge in [0.1, 0.15) is 10.6 Å². The van der Waals surface area contributed by atoms with Crippen molar-refractivity contribution in [1.82, 2.24) is 14.2 Å². The first-order valence-electron chi connectivity index (χ1n) is 10.1. The van der Waals surface area contributed by atoms with E-state index in [2.05, 4.69) is 9.88 Å². The maximum Gasteiger partial charge on any atom is 0.433 e. The number of pyridine rings is 1. The zero-order chi connectivity index (χ0) is 20.6. The highest BCUT2D eigenvalue weighted by molar-refractivity contribution is 7.89. The first-order chi connectivity index (χ1) is 13.7. The van der Waals surface area contributed by atoms with Crippen LogP contribution in [0.4, 0.5) is 13.2 Å². The van der Waals surface area contributed by atoms with Gasteiger partial charge < -0.3 is 9.64 Å². The number of hydrogen-bond acceptors (Lipinski definition) is 5. The summed E-state index contributed by atoms with van der Waals surface area (Å²) in [7, 11) is -3.86. The molecule has 1 aromatic rings. The van der Waals surface area contributed by atoms with Crippen molar-refractivity contribution in [2.45, 2.75) is 42.7 Å². The van der Waals surface area contributed by atoms with Crippen LogP contribution < -0.4 is 0 Å². The molecular formula is C19H26F3N3O3S. The topological polar surface area (TPSA) is 62.7 Å². The molecule has 3 heterocycles. The first-order valence-corrected chi connectivity index (χ1v) is 11.6. The van der Waals surface area contributed by atoms with Gasteiger partial charge in [0.2, 0.25) is 10.0 Å². The van der Waals surface area contributed by atoms with Crippen LogP contribution in [-0.2, 0) is 20.9 Å². The van der Waals surface area contributed by atoms with Crippen molar-refractivity contribution in [3.8, 4) is 0 Å². The molecule has 0 radical (unpaired) electrons. The Bertz CT molecular complexity index is 829. The van der Waals surface area contributed by atoms with Gasteiger partial charge in [-0.25, -0.2) is 8.42 Å². The summed E-state index contributed by atoms with van der Waals surface area (Å²) in [6.45, 7) is 4.44. The van der Waals surface area contributed by atoms with Gasteiger partial charge in [-0.3, -0.25) is 4.98 Å². The number of ether oxygens (including phenoxy) is 1. The Labute approximate surface area is 169 Å². The lowest BCUT2D eigenvalue weighted by Crippen LogP contribution is -2.50. The Hall–Kier alpha value is -1.23. The highest BCUT2D eigenvalue weighted by atomic mass is 32.2. The second-order valence-electron chi connectivity index (χ2n) is 8.14. The molecule has 0 unspecified atom stereocenters. The van der Waals surface area contributed by atoms with E-state index >= 15 is 0 Å². The Morgan fingerprint density at radius 2 is 1.72 bits per heavy atom. The first kappa shape index (κ1) is 21.0. The molecule has 3 aliphatic rings. The molecule has 1 aromatic heterocycles. The van der Waals surface area contributed by atoms with Crippen LogP contribution >= 0.6 is 0 Å². The number of rotatable bonds is 5. The van der Waals surface area contributed by atoms with Crippen molar-refractivity contribution in [3.05, 3.63) is 23.5 Å². The fourth-order valence-corrected chi connectivity index (χ4v) is 5.76. The zero-order valence-electron chi connectivity index (χ0n) is 16.2. The molecule has 0 spiro atoms. The van der Waals surface area contributed by atoms with E-state index in [1.54, 1.807) is 0 Å². The zero-order valence-corrected chi connectivity index (χ0v) is 17.0. The number of nitrogens with zero attached hydrogens (tertiary/aromatic N) is 3. The van der Waals surface area contributed by atoms with Gasteiger partial charge in [0.05, 0.1) is 0 Å². The van der Waals surface area contributed by atoms with Gasteiger partial charge in [0.15, 0.2) is 0 Å². The Morgan fingerprint density at radius 1 is 1.07 bits per heavy atom. The summed E-state index contributed by atoms with van der Waals surface area (Å²) in [4.78, 5) is 5.63. The van der Waals surface area contributed by atoms with E-state index in [0.29, 0.717) is 44.9 Å². The molecule has 3 fully saturated rings. The van der Waals surface area contributed by atoms with E-state index in [1.165, 1.54) is 4.31 Å². The van der Waals surface area contributed by atoms with Crippen LogP contribution in [0.1, 0.15) is 42.9 Å². The third kappa shape index (κ3) is 4.76. The molecule has 2 aliphatic heterocycles. The number of alkyl halides is 3. The number of sulfonamides is 1. The van der Waals surface area contributed by atoms with Crippen molar-refractivity contribution >= 4 is 10.0 Å². The predicted octanol–water partition coefficient (Wildman–Crippen LogP) is 2.71. The molecule has 29 heavy (non-hydrogen) atoms. The summed E-state index contributed by atoms with van der Waals surface area (Å²) in [5.74, 6) is 0.450. The van der Waals surface area contributed by atoms with Gasteiger partial charge >= 0.3 is 6.18 Å². The highest BCUT2D eigenvalue weighted by Crippen LogP contribution is 2.44. The summed E-state index contributed by atoms with van der Waals surface area (Å²) in [6.07, 6.45) is -0.200. The molecule has 162 valence electrons. The quantitative estimate of drug-likeness (QED) is 0.715. The summed E-state index contributed by atoms with van der Waals surface area (Å²) >= 11 is 0. The van der Waals surface area contributed by atoms with Crippen LogP contribution in [0.3, 0.4) is 0 Å². The van der Waals surface area contributed by atoms with Crippen molar-refractivity contribution in [1.29, 1.82) is 0 Å². The van der Waals surface area contributed by atoms with E-state index < -0.39 is 21.9 Å². The average Bonchev–Trinajstić information content (AvgIpc) is 3.53. The van der Waals surface area contributed by atoms with E-state index in [9.17, 15) is 21.6 Å². The molecule has 10 heteroatoms. The number of aromatic nitrogens is 1. The molecule has 0 aromatic carbocycles. The van der Waals surface area contributed by atoms with Gasteiger partial charge in [-0.2, -0.15) is 17.5 Å². The Morgan fingerprint density at radius 3 is 2.31 bits per heavy atom. The van der Waals surface area contributed by atoms with Gasteiger partial charge in [-0.05, 0) is 49.1 Å². The van der Waals surface area contributed by atoms with Crippen LogP contribution in [0, 0.1) is 5.92 Å². The molecule has 0 bridgehead atoms. The summed E-state index contributed by atoms with van der Waals surface area (Å²) in [5, 5.41) is 0. The highest BCUT2D eigenvalue weighted by Gasteiger charge is 2.39. The van der Waals surface area contributed by atoms with Crippen LogP contribution in [0.15, 0.2) is 17.2 Å². The maximum atomic E-state index is 13.2. The molecular weight excluding hydrogens is 407 g/mol. The summed E-state index contributed by atoms with van der Waals surface area (Å²) in [6, 6.07) is 0.923. The molecule has 0 amide bonds. The van der Waals surface area contributed by atoms with Crippen molar-refractivity contribution in [2.24, 2.45) is 5.92 Å². The van der Waals surface area contributed by atoms with E-state index in [1.807, 2.05) is 0 Å². The molecule has 6 nitrogen and oxygen atoms in total. The lowest BCUT2D eigenvalue weighted by molar-refractivity contribution is -0.141. The summed E-state index contributed by atoms with van der Waals surface area (Å²) < 4.78 is 72.2. The Balaban J connectivity index is 1.46. The minimum Gasteiger partial charge on any atom is -0.381 e. The number of piperazine rings is 1. The number of halogens is 3. The van der Waals surface area contributed by atoms with Gasteiger partial charge in [-0.1, -0.05) is 0 Å². The third-order valence-electron chi connectivity index (χ3n) is 6.01. The molecule has 2 saturated heterocycles. The Kier molecular flexibility index (Phi) is 5.89. The third-order valence-corrected chi connectivity index (χ3v) is 7.95. The number of hydrogen-bond donors (Lipinski definition) is 0. The minimum absolute atomic E-state index is 0.0640. The molecule has 1 aliphatic carbocycles. The maximum absolute atomic E-state index is 13.2. The van der Waals surface area contributed by atoms with E-state index in [4.69, 9.17) is 4.74 Å². The second-order valence-corrected chi connectivity index (χ2v) is 10.0. The van der Waals surface area contributed by atoms with Crippen LogP contribution in [0.2, 0.25) is 0 Å². The summed E-state index contributed by atoms with van der Waals surface area (Å²) in [5.41, 5.74) is -0.767. The smallest absolute Gasteiger partial charge is 0.381 e. The lowest BCUT2D eigenvalue weighted by atomic mass is 9.99. The fourth-order valence-electron chi connectivity index (χ4n) is 4.13. The van der Waals surface area contributed by atoms with Crippen LogP contribution in [-0.4, -0.2) is 68.5 Å². The molecule has 1 saturated carbocycles. The average molecular weight is 433 g/mol. The monoisotopic (exact) mass is 433 g/mol. The molecule has 4 rings (SSSR count).